The van der Waals surface area contributed by atoms with Gasteiger partial charge in [-0.05, 0) is 55.2 Å². The Morgan fingerprint density at radius 2 is 1.60 bits per heavy atom. The lowest BCUT2D eigenvalue weighted by atomic mass is 10.1. The predicted octanol–water partition coefficient (Wildman–Crippen LogP) is 4.73. The molecule has 0 radical (unpaired) electrons. The van der Waals surface area contributed by atoms with Gasteiger partial charge in [0.2, 0.25) is 0 Å². The van der Waals surface area contributed by atoms with Crippen LogP contribution in [0, 0.1) is 13.8 Å². The van der Waals surface area contributed by atoms with Crippen molar-refractivity contribution in [1.29, 1.82) is 0 Å². The number of rotatable bonds is 5. The lowest BCUT2D eigenvalue weighted by Crippen LogP contribution is -2.06. The van der Waals surface area contributed by atoms with Crippen molar-refractivity contribution in [3.8, 4) is 0 Å². The number of nitrogens with one attached hydrogen (secondary N) is 2. The molecule has 0 aliphatic heterocycles. The Balaban J connectivity index is 1.85. The molecular formula is C20H23N5. The van der Waals surface area contributed by atoms with E-state index in [0.717, 1.165) is 23.4 Å². The van der Waals surface area contributed by atoms with E-state index in [9.17, 15) is 0 Å². The Labute approximate surface area is 148 Å². The number of nitrogen functional groups attached to an aromatic ring is 1. The van der Waals surface area contributed by atoms with Crippen molar-refractivity contribution >= 4 is 28.7 Å². The van der Waals surface area contributed by atoms with Crippen LogP contribution in [0.3, 0.4) is 0 Å². The molecule has 1 aromatic heterocycles. The van der Waals surface area contributed by atoms with Crippen molar-refractivity contribution in [3.63, 3.8) is 0 Å². The molecule has 0 bridgehead atoms. The Hall–Kier alpha value is -3.08. The van der Waals surface area contributed by atoms with Crippen LogP contribution in [0.4, 0.5) is 28.7 Å². The predicted molar refractivity (Wildman–Crippen MR) is 105 cm³/mol. The molecule has 3 rings (SSSR count). The molecule has 1 heterocycles. The Morgan fingerprint density at radius 1 is 0.920 bits per heavy atom. The number of anilines is 5. The first-order valence-corrected chi connectivity index (χ1v) is 8.37. The van der Waals surface area contributed by atoms with E-state index in [1.807, 2.05) is 19.1 Å². The number of hydrogen-bond acceptors (Lipinski definition) is 5. The van der Waals surface area contributed by atoms with Gasteiger partial charge in [0.1, 0.15) is 12.0 Å². The maximum atomic E-state index is 6.27. The quantitative estimate of drug-likeness (QED) is 0.629. The van der Waals surface area contributed by atoms with Crippen LogP contribution in [0.5, 0.6) is 0 Å². The Kier molecular flexibility index (Phi) is 4.84. The molecule has 0 unspecified atom stereocenters. The summed E-state index contributed by atoms with van der Waals surface area (Å²) in [5.41, 5.74) is 12.3. The van der Waals surface area contributed by atoms with Gasteiger partial charge in [0.05, 0.1) is 0 Å². The van der Waals surface area contributed by atoms with Gasteiger partial charge in [-0.1, -0.05) is 31.2 Å². The van der Waals surface area contributed by atoms with Gasteiger partial charge in [0.15, 0.2) is 11.6 Å². The number of aromatic nitrogens is 2. The van der Waals surface area contributed by atoms with Gasteiger partial charge < -0.3 is 16.4 Å². The van der Waals surface area contributed by atoms with Crippen molar-refractivity contribution in [1.82, 2.24) is 9.97 Å². The monoisotopic (exact) mass is 333 g/mol. The molecule has 3 aromatic rings. The van der Waals surface area contributed by atoms with Crippen LogP contribution in [0.25, 0.3) is 0 Å². The van der Waals surface area contributed by atoms with Gasteiger partial charge >= 0.3 is 0 Å². The normalized spacial score (nSPS) is 10.5. The summed E-state index contributed by atoms with van der Waals surface area (Å²) in [6.45, 7) is 6.24. The molecule has 25 heavy (non-hydrogen) atoms. The van der Waals surface area contributed by atoms with Gasteiger partial charge in [-0.3, -0.25) is 0 Å². The van der Waals surface area contributed by atoms with Gasteiger partial charge in [0, 0.05) is 11.4 Å². The summed E-state index contributed by atoms with van der Waals surface area (Å²) in [7, 11) is 0. The number of nitrogens with zero attached hydrogens (tertiary/aromatic N) is 2. The van der Waals surface area contributed by atoms with Gasteiger partial charge in [0.25, 0.3) is 0 Å². The van der Waals surface area contributed by atoms with Crippen LogP contribution in [0.15, 0.2) is 48.8 Å². The number of benzene rings is 2. The van der Waals surface area contributed by atoms with Gasteiger partial charge in [-0.25, -0.2) is 9.97 Å². The van der Waals surface area contributed by atoms with Crippen molar-refractivity contribution in [2.75, 3.05) is 16.4 Å². The summed E-state index contributed by atoms with van der Waals surface area (Å²) >= 11 is 0. The zero-order chi connectivity index (χ0) is 17.8. The first kappa shape index (κ1) is 16.8. The van der Waals surface area contributed by atoms with Gasteiger partial charge in [-0.2, -0.15) is 0 Å². The van der Waals surface area contributed by atoms with Gasteiger partial charge in [-0.15, -0.1) is 0 Å². The van der Waals surface area contributed by atoms with E-state index >= 15 is 0 Å². The topological polar surface area (TPSA) is 75.9 Å². The molecule has 0 saturated heterocycles. The second-order valence-corrected chi connectivity index (χ2v) is 6.10. The average molecular weight is 333 g/mol. The molecule has 0 spiro atoms. The first-order valence-electron chi connectivity index (χ1n) is 8.37. The maximum absolute atomic E-state index is 6.27. The molecule has 128 valence electrons. The molecule has 4 N–H and O–H groups in total. The molecule has 5 nitrogen and oxygen atoms in total. The summed E-state index contributed by atoms with van der Waals surface area (Å²) in [5.74, 6) is 1.18. The molecular weight excluding hydrogens is 310 g/mol. The second kappa shape index (κ2) is 7.21. The summed E-state index contributed by atoms with van der Waals surface area (Å²) in [4.78, 5) is 8.56. The van der Waals surface area contributed by atoms with E-state index in [-0.39, 0.29) is 0 Å². The first-order chi connectivity index (χ1) is 12.1. The van der Waals surface area contributed by atoms with E-state index in [1.165, 1.54) is 17.5 Å². The summed E-state index contributed by atoms with van der Waals surface area (Å²) in [5, 5.41) is 6.57. The molecule has 0 fully saturated rings. The fourth-order valence-electron chi connectivity index (χ4n) is 2.55. The fourth-order valence-corrected chi connectivity index (χ4v) is 2.55. The van der Waals surface area contributed by atoms with E-state index in [2.05, 4.69) is 64.8 Å². The van der Waals surface area contributed by atoms with E-state index in [4.69, 9.17) is 5.73 Å². The molecule has 0 amide bonds. The van der Waals surface area contributed by atoms with Crippen molar-refractivity contribution < 1.29 is 0 Å². The third kappa shape index (κ3) is 3.88. The van der Waals surface area contributed by atoms with Crippen molar-refractivity contribution in [2.24, 2.45) is 0 Å². The molecule has 2 aromatic carbocycles. The highest BCUT2D eigenvalue weighted by Crippen LogP contribution is 2.29. The number of aryl methyl sites for hydroxylation is 3. The lowest BCUT2D eigenvalue weighted by Gasteiger charge is -2.14. The third-order valence-corrected chi connectivity index (χ3v) is 4.15. The minimum absolute atomic E-state index is 0.489. The summed E-state index contributed by atoms with van der Waals surface area (Å²) in [6, 6.07) is 14.5. The lowest BCUT2D eigenvalue weighted by molar-refractivity contribution is 1.14. The largest absolute Gasteiger partial charge is 0.393 e. The van der Waals surface area contributed by atoms with Crippen molar-refractivity contribution in [2.45, 2.75) is 27.2 Å². The maximum Gasteiger partial charge on any atom is 0.159 e. The van der Waals surface area contributed by atoms with E-state index < -0.39 is 0 Å². The standard InChI is InChI=1S/C20H23N5/c1-4-15-7-9-16(10-8-15)24-19-18(21)20(23-12-22-19)25-17-11-13(2)5-6-14(17)3/h5-12H,4,21H2,1-3H3,(H2,22,23,24,25). The Morgan fingerprint density at radius 3 is 2.28 bits per heavy atom. The highest BCUT2D eigenvalue weighted by atomic mass is 15.1. The van der Waals surface area contributed by atoms with Crippen molar-refractivity contribution in [3.05, 3.63) is 65.5 Å². The summed E-state index contributed by atoms with van der Waals surface area (Å²) < 4.78 is 0. The van der Waals surface area contributed by atoms with E-state index in [0.29, 0.717) is 17.3 Å². The average Bonchev–Trinajstić information content (AvgIpc) is 2.62. The molecule has 0 aliphatic carbocycles. The number of hydrogen-bond donors (Lipinski definition) is 3. The molecule has 5 heteroatoms. The second-order valence-electron chi connectivity index (χ2n) is 6.10. The fraction of sp³-hybridized carbons (Fsp3) is 0.200. The Bertz CT molecular complexity index is 872. The molecule has 0 saturated carbocycles. The zero-order valence-electron chi connectivity index (χ0n) is 14.8. The van der Waals surface area contributed by atoms with Crippen LogP contribution in [0.2, 0.25) is 0 Å². The third-order valence-electron chi connectivity index (χ3n) is 4.15. The van der Waals surface area contributed by atoms with E-state index in [1.54, 1.807) is 0 Å². The smallest absolute Gasteiger partial charge is 0.159 e. The minimum atomic E-state index is 0.489. The zero-order valence-corrected chi connectivity index (χ0v) is 14.8. The van der Waals surface area contributed by atoms with Crippen LogP contribution < -0.4 is 16.4 Å². The van der Waals surface area contributed by atoms with Crippen LogP contribution >= 0.6 is 0 Å². The highest BCUT2D eigenvalue weighted by Gasteiger charge is 2.10. The summed E-state index contributed by atoms with van der Waals surface area (Å²) in [6.07, 6.45) is 2.52. The minimum Gasteiger partial charge on any atom is -0.393 e. The highest BCUT2D eigenvalue weighted by molar-refractivity contribution is 5.80. The molecule has 0 atom stereocenters. The SMILES string of the molecule is CCc1ccc(Nc2ncnc(Nc3cc(C)ccc3C)c2N)cc1. The number of nitrogens with two attached hydrogens (primary N) is 1. The van der Waals surface area contributed by atoms with Crippen LogP contribution in [-0.2, 0) is 6.42 Å². The van der Waals surface area contributed by atoms with Crippen LogP contribution in [-0.4, -0.2) is 9.97 Å². The molecule has 0 aliphatic rings. The van der Waals surface area contributed by atoms with Crippen LogP contribution in [0.1, 0.15) is 23.6 Å².